The van der Waals surface area contributed by atoms with Gasteiger partial charge >= 0.3 is 0 Å². The minimum Gasteiger partial charge on any atom is -0.497 e. The zero-order chi connectivity index (χ0) is 19.2. The second-order valence-electron chi connectivity index (χ2n) is 6.39. The van der Waals surface area contributed by atoms with Crippen molar-refractivity contribution in [3.05, 3.63) is 36.9 Å². The number of carbonyl (C=O) groups is 2. The maximum atomic E-state index is 12.4. The lowest BCUT2D eigenvalue weighted by molar-refractivity contribution is -0.126. The van der Waals surface area contributed by atoms with Crippen LogP contribution in [0.3, 0.4) is 0 Å². The van der Waals surface area contributed by atoms with Crippen LogP contribution < -0.4 is 19.7 Å². The van der Waals surface area contributed by atoms with E-state index in [1.54, 1.807) is 49.8 Å². The Morgan fingerprint density at radius 1 is 1.33 bits per heavy atom. The average molecular weight is 372 g/mol. The van der Waals surface area contributed by atoms with Crippen molar-refractivity contribution < 1.29 is 19.1 Å². The molecule has 0 aliphatic carbocycles. The summed E-state index contributed by atoms with van der Waals surface area (Å²) in [6, 6.07) is 5.28. The van der Waals surface area contributed by atoms with E-state index in [2.05, 4.69) is 10.3 Å². The zero-order valence-electron chi connectivity index (χ0n) is 15.6. The first-order valence-corrected chi connectivity index (χ1v) is 8.88. The Morgan fingerprint density at radius 2 is 2.19 bits per heavy atom. The highest BCUT2D eigenvalue weighted by Crippen LogP contribution is 2.35. The number of carbonyl (C=O) groups excluding carboxylic acids is 2. The number of benzene rings is 1. The predicted octanol–water partition coefficient (Wildman–Crippen LogP) is 1.46. The molecule has 8 heteroatoms. The van der Waals surface area contributed by atoms with E-state index in [0.29, 0.717) is 30.3 Å². The van der Waals surface area contributed by atoms with E-state index in [-0.39, 0.29) is 24.2 Å². The molecule has 3 rings (SSSR count). The fourth-order valence-electron chi connectivity index (χ4n) is 3.16. The van der Waals surface area contributed by atoms with Crippen molar-refractivity contribution in [1.29, 1.82) is 0 Å². The number of hydrogen-bond donors (Lipinski definition) is 1. The van der Waals surface area contributed by atoms with Gasteiger partial charge in [0.2, 0.25) is 11.8 Å². The number of amides is 2. The quantitative estimate of drug-likeness (QED) is 0.709. The average Bonchev–Trinajstić information content (AvgIpc) is 3.34. The SMILES string of the molecule is COc1ccc(N2C[C@H](C(=O)NCCCn3ccnc3)CC2=O)c(OC)c1. The lowest BCUT2D eigenvalue weighted by atomic mass is 10.1. The number of nitrogens with one attached hydrogen (secondary N) is 1. The Labute approximate surface area is 158 Å². The van der Waals surface area contributed by atoms with E-state index in [4.69, 9.17) is 9.47 Å². The van der Waals surface area contributed by atoms with E-state index >= 15 is 0 Å². The Kier molecular flexibility index (Phi) is 5.95. The molecule has 27 heavy (non-hydrogen) atoms. The molecular weight excluding hydrogens is 348 g/mol. The van der Waals surface area contributed by atoms with E-state index in [1.807, 2.05) is 10.8 Å². The molecule has 2 aromatic rings. The third-order valence-corrected chi connectivity index (χ3v) is 4.63. The third-order valence-electron chi connectivity index (χ3n) is 4.63. The smallest absolute Gasteiger partial charge is 0.227 e. The number of methoxy groups -OCH3 is 2. The van der Waals surface area contributed by atoms with Crippen LogP contribution in [0.1, 0.15) is 12.8 Å². The summed E-state index contributed by atoms with van der Waals surface area (Å²) in [5.74, 6) is 0.650. The summed E-state index contributed by atoms with van der Waals surface area (Å²) in [7, 11) is 3.12. The van der Waals surface area contributed by atoms with Crippen molar-refractivity contribution in [3.63, 3.8) is 0 Å². The van der Waals surface area contributed by atoms with Crippen molar-refractivity contribution in [2.45, 2.75) is 19.4 Å². The number of aromatic nitrogens is 2. The number of rotatable bonds is 8. The van der Waals surface area contributed by atoms with Gasteiger partial charge in [0.05, 0.1) is 32.2 Å². The molecule has 144 valence electrons. The molecule has 0 bridgehead atoms. The molecule has 8 nitrogen and oxygen atoms in total. The van der Waals surface area contributed by atoms with E-state index in [0.717, 1.165) is 13.0 Å². The highest BCUT2D eigenvalue weighted by atomic mass is 16.5. The van der Waals surface area contributed by atoms with Gasteiger partial charge in [0.15, 0.2) is 0 Å². The second-order valence-corrected chi connectivity index (χ2v) is 6.39. The monoisotopic (exact) mass is 372 g/mol. The number of anilines is 1. The lowest BCUT2D eigenvalue weighted by Gasteiger charge is -2.20. The second kappa shape index (κ2) is 8.57. The van der Waals surface area contributed by atoms with Crippen molar-refractivity contribution in [2.75, 3.05) is 32.2 Å². The molecule has 1 atom stereocenters. The molecule has 1 aromatic heterocycles. The molecule has 0 saturated carbocycles. The van der Waals surface area contributed by atoms with Crippen molar-refractivity contribution in [2.24, 2.45) is 5.92 Å². The summed E-state index contributed by atoms with van der Waals surface area (Å²) in [6.07, 6.45) is 6.36. The van der Waals surface area contributed by atoms with Gasteiger partial charge in [-0.05, 0) is 18.6 Å². The molecule has 0 radical (unpaired) electrons. The summed E-state index contributed by atoms with van der Waals surface area (Å²) >= 11 is 0. The van der Waals surface area contributed by atoms with Gasteiger partial charge < -0.3 is 24.3 Å². The van der Waals surface area contributed by atoms with Gasteiger partial charge in [-0.15, -0.1) is 0 Å². The fourth-order valence-corrected chi connectivity index (χ4v) is 3.16. The van der Waals surface area contributed by atoms with Crippen molar-refractivity contribution in [3.8, 4) is 11.5 Å². The number of ether oxygens (including phenoxy) is 2. The molecule has 0 unspecified atom stereocenters. The van der Waals surface area contributed by atoms with Gasteiger partial charge in [-0.25, -0.2) is 4.98 Å². The normalized spacial score (nSPS) is 16.4. The highest BCUT2D eigenvalue weighted by Gasteiger charge is 2.36. The molecule has 1 saturated heterocycles. The van der Waals surface area contributed by atoms with Crippen LogP contribution in [0, 0.1) is 5.92 Å². The van der Waals surface area contributed by atoms with Crippen LogP contribution in [0.2, 0.25) is 0 Å². The van der Waals surface area contributed by atoms with Gasteiger partial charge in [-0.2, -0.15) is 0 Å². The molecule has 0 spiro atoms. The lowest BCUT2D eigenvalue weighted by Crippen LogP contribution is -2.33. The summed E-state index contributed by atoms with van der Waals surface area (Å²) in [4.78, 5) is 30.5. The first-order chi connectivity index (χ1) is 13.1. The maximum absolute atomic E-state index is 12.4. The van der Waals surface area contributed by atoms with Crippen LogP contribution in [0.4, 0.5) is 5.69 Å². The van der Waals surface area contributed by atoms with Gasteiger partial charge in [-0.1, -0.05) is 0 Å². The van der Waals surface area contributed by atoms with Crippen molar-refractivity contribution in [1.82, 2.24) is 14.9 Å². The number of aryl methyl sites for hydroxylation is 1. The minimum absolute atomic E-state index is 0.0861. The minimum atomic E-state index is -0.363. The van der Waals surface area contributed by atoms with Crippen LogP contribution in [0.25, 0.3) is 0 Å². The van der Waals surface area contributed by atoms with Crippen LogP contribution in [-0.4, -0.2) is 48.7 Å². The van der Waals surface area contributed by atoms with E-state index < -0.39 is 0 Å². The standard InChI is InChI=1S/C19H24N4O4/c1-26-15-4-5-16(17(11-15)27-2)23-12-14(10-18(23)24)19(25)21-6-3-8-22-9-7-20-13-22/h4-5,7,9,11,13-14H,3,6,8,10,12H2,1-2H3,(H,21,25)/t14-/m1/s1. The summed E-state index contributed by atoms with van der Waals surface area (Å²) in [5.41, 5.74) is 0.652. The number of imidazole rings is 1. The molecule has 1 N–H and O–H groups in total. The Balaban J connectivity index is 1.56. The first kappa shape index (κ1) is 18.8. The molecule has 1 aliphatic heterocycles. The summed E-state index contributed by atoms with van der Waals surface area (Å²) < 4.78 is 12.5. The van der Waals surface area contributed by atoms with Crippen molar-refractivity contribution >= 4 is 17.5 Å². The van der Waals surface area contributed by atoms with Gasteiger partial charge in [0, 0.05) is 44.5 Å². The molecule has 2 heterocycles. The Hall–Kier alpha value is -3.03. The fraction of sp³-hybridized carbons (Fsp3) is 0.421. The predicted molar refractivity (Wildman–Crippen MR) is 99.9 cm³/mol. The van der Waals surface area contributed by atoms with E-state index in [1.165, 1.54) is 0 Å². The summed E-state index contributed by atoms with van der Waals surface area (Å²) in [6.45, 7) is 1.70. The Bertz CT molecular complexity index is 791. The number of nitrogens with zero attached hydrogens (tertiary/aromatic N) is 3. The third kappa shape index (κ3) is 4.39. The maximum Gasteiger partial charge on any atom is 0.227 e. The van der Waals surface area contributed by atoms with Gasteiger partial charge in [0.25, 0.3) is 0 Å². The van der Waals surface area contributed by atoms with Crippen LogP contribution in [0.5, 0.6) is 11.5 Å². The van der Waals surface area contributed by atoms with Gasteiger partial charge in [0.1, 0.15) is 11.5 Å². The summed E-state index contributed by atoms with van der Waals surface area (Å²) in [5, 5.41) is 2.92. The van der Waals surface area contributed by atoms with Gasteiger partial charge in [-0.3, -0.25) is 9.59 Å². The topological polar surface area (TPSA) is 85.7 Å². The first-order valence-electron chi connectivity index (χ1n) is 8.88. The molecular formula is C19H24N4O4. The highest BCUT2D eigenvalue weighted by molar-refractivity contribution is 6.01. The van der Waals surface area contributed by atoms with Crippen LogP contribution >= 0.6 is 0 Å². The van der Waals surface area contributed by atoms with Crippen LogP contribution in [0.15, 0.2) is 36.9 Å². The largest absolute Gasteiger partial charge is 0.497 e. The molecule has 1 fully saturated rings. The molecule has 2 amide bonds. The Morgan fingerprint density at radius 3 is 2.89 bits per heavy atom. The molecule has 1 aliphatic rings. The van der Waals surface area contributed by atoms with Crippen LogP contribution in [-0.2, 0) is 16.1 Å². The zero-order valence-corrected chi connectivity index (χ0v) is 15.6. The molecule has 1 aromatic carbocycles. The number of hydrogen-bond acceptors (Lipinski definition) is 5. The van der Waals surface area contributed by atoms with E-state index in [9.17, 15) is 9.59 Å².